The third kappa shape index (κ3) is 3.66. The maximum absolute atomic E-state index is 12.6. The van der Waals surface area contributed by atoms with Crippen LogP contribution in [-0.2, 0) is 0 Å². The Bertz CT molecular complexity index is 743. The predicted octanol–water partition coefficient (Wildman–Crippen LogP) is 4.00. The van der Waals surface area contributed by atoms with E-state index >= 15 is 0 Å². The molecule has 0 saturated carbocycles. The number of benzene rings is 2. The minimum Gasteiger partial charge on any atom is -0.367 e. The van der Waals surface area contributed by atoms with Crippen LogP contribution in [0.25, 0.3) is 0 Å². The number of amides is 1. The molecule has 2 aromatic carbocycles. The first-order valence-corrected chi connectivity index (χ1v) is 8.60. The van der Waals surface area contributed by atoms with Crippen LogP contribution in [0.4, 0.5) is 11.4 Å². The molecule has 0 atom stereocenters. The molecule has 0 spiro atoms. The van der Waals surface area contributed by atoms with Gasteiger partial charge in [-0.15, -0.1) is 0 Å². The van der Waals surface area contributed by atoms with Gasteiger partial charge >= 0.3 is 0 Å². The summed E-state index contributed by atoms with van der Waals surface area (Å²) in [5, 5.41) is 3.61. The van der Waals surface area contributed by atoms with Gasteiger partial charge in [0.1, 0.15) is 0 Å². The molecule has 1 heterocycles. The number of nitrogens with zero attached hydrogens (tertiary/aromatic N) is 2. The number of piperazine rings is 1. The number of likely N-dealkylation sites (N-methyl/N-ethyl adjacent to an activating group) is 1. The van der Waals surface area contributed by atoms with Gasteiger partial charge in [0.05, 0.1) is 27.0 Å². The lowest BCUT2D eigenvalue weighted by Crippen LogP contribution is -2.44. The summed E-state index contributed by atoms with van der Waals surface area (Å²) < 4.78 is 0. The first-order valence-electron chi connectivity index (χ1n) is 7.84. The molecule has 3 rings (SSSR count). The fraction of sp³-hybridized carbons (Fsp3) is 0.278. The number of para-hydroxylation sites is 2. The van der Waals surface area contributed by atoms with Crippen LogP contribution >= 0.6 is 23.2 Å². The van der Waals surface area contributed by atoms with Crippen LogP contribution in [-0.4, -0.2) is 44.0 Å². The summed E-state index contributed by atoms with van der Waals surface area (Å²) in [7, 11) is 2.12. The van der Waals surface area contributed by atoms with Crippen LogP contribution in [0.1, 0.15) is 10.4 Å². The predicted molar refractivity (Wildman–Crippen MR) is 101 cm³/mol. The van der Waals surface area contributed by atoms with Crippen molar-refractivity contribution in [3.63, 3.8) is 0 Å². The van der Waals surface area contributed by atoms with E-state index in [0.29, 0.717) is 10.6 Å². The van der Waals surface area contributed by atoms with Gasteiger partial charge in [0.15, 0.2) is 0 Å². The summed E-state index contributed by atoms with van der Waals surface area (Å²) in [6.45, 7) is 3.87. The van der Waals surface area contributed by atoms with Crippen molar-refractivity contribution in [3.8, 4) is 0 Å². The normalized spacial score (nSPS) is 15.4. The second-order valence-electron chi connectivity index (χ2n) is 5.86. The van der Waals surface area contributed by atoms with Gasteiger partial charge in [-0.1, -0.05) is 41.4 Å². The van der Waals surface area contributed by atoms with Crippen molar-refractivity contribution in [2.24, 2.45) is 0 Å². The van der Waals surface area contributed by atoms with Gasteiger partial charge in [-0.25, -0.2) is 0 Å². The van der Waals surface area contributed by atoms with Crippen LogP contribution < -0.4 is 10.2 Å². The molecule has 0 unspecified atom stereocenters. The second-order valence-corrected chi connectivity index (χ2v) is 6.65. The van der Waals surface area contributed by atoms with E-state index in [9.17, 15) is 4.79 Å². The van der Waals surface area contributed by atoms with Gasteiger partial charge in [0.2, 0.25) is 0 Å². The van der Waals surface area contributed by atoms with Gasteiger partial charge in [0.25, 0.3) is 5.91 Å². The molecular formula is C18H19Cl2N3O. The molecule has 0 aromatic heterocycles. The van der Waals surface area contributed by atoms with Crippen LogP contribution in [0.15, 0.2) is 42.5 Å². The second kappa shape index (κ2) is 7.43. The molecule has 0 aliphatic carbocycles. The number of anilines is 2. The van der Waals surface area contributed by atoms with Crippen molar-refractivity contribution in [2.75, 3.05) is 43.4 Å². The molecular weight excluding hydrogens is 345 g/mol. The Labute approximate surface area is 152 Å². The standard InChI is InChI=1S/C18H19Cl2N3O/c1-22-9-11-23(12-10-22)16-8-3-2-7-15(16)21-18(24)13-5-4-6-14(19)17(13)20/h2-8H,9-12H2,1H3,(H,21,24). The van der Waals surface area contributed by atoms with Crippen LogP contribution in [0.3, 0.4) is 0 Å². The highest BCUT2D eigenvalue weighted by molar-refractivity contribution is 6.44. The lowest BCUT2D eigenvalue weighted by molar-refractivity contribution is 0.102. The summed E-state index contributed by atoms with van der Waals surface area (Å²) in [5.41, 5.74) is 2.18. The lowest BCUT2D eigenvalue weighted by Gasteiger charge is -2.35. The molecule has 1 amide bonds. The number of halogens is 2. The topological polar surface area (TPSA) is 35.6 Å². The molecule has 24 heavy (non-hydrogen) atoms. The molecule has 126 valence electrons. The van der Waals surface area contributed by atoms with Crippen molar-refractivity contribution in [2.45, 2.75) is 0 Å². The van der Waals surface area contributed by atoms with Crippen molar-refractivity contribution >= 4 is 40.5 Å². The van der Waals surface area contributed by atoms with Gasteiger partial charge in [0, 0.05) is 26.2 Å². The third-order valence-electron chi connectivity index (χ3n) is 4.19. The molecule has 4 nitrogen and oxygen atoms in total. The van der Waals surface area contributed by atoms with Gasteiger partial charge in [-0.2, -0.15) is 0 Å². The minimum absolute atomic E-state index is 0.260. The maximum atomic E-state index is 12.6. The Balaban J connectivity index is 1.83. The van der Waals surface area contributed by atoms with E-state index in [-0.39, 0.29) is 10.9 Å². The van der Waals surface area contributed by atoms with E-state index in [1.165, 1.54) is 0 Å². The molecule has 2 aromatic rings. The van der Waals surface area contributed by atoms with Gasteiger partial charge < -0.3 is 15.1 Å². The number of rotatable bonds is 3. The zero-order valence-corrected chi connectivity index (χ0v) is 14.9. The molecule has 0 radical (unpaired) electrons. The molecule has 1 N–H and O–H groups in total. The zero-order valence-electron chi connectivity index (χ0n) is 13.4. The molecule has 6 heteroatoms. The Kier molecular flexibility index (Phi) is 5.29. The summed E-state index contributed by atoms with van der Waals surface area (Å²) >= 11 is 12.2. The largest absolute Gasteiger partial charge is 0.367 e. The van der Waals surface area contributed by atoms with E-state index in [1.54, 1.807) is 18.2 Å². The molecule has 1 fully saturated rings. The highest BCUT2D eigenvalue weighted by atomic mass is 35.5. The maximum Gasteiger partial charge on any atom is 0.257 e. The monoisotopic (exact) mass is 363 g/mol. The highest BCUT2D eigenvalue weighted by Crippen LogP contribution is 2.29. The summed E-state index contributed by atoms with van der Waals surface area (Å²) in [6.07, 6.45) is 0. The Morgan fingerprint density at radius 2 is 1.71 bits per heavy atom. The van der Waals surface area contributed by atoms with E-state index in [4.69, 9.17) is 23.2 Å². The van der Waals surface area contributed by atoms with Gasteiger partial charge in [-0.3, -0.25) is 4.79 Å². The average Bonchev–Trinajstić information content (AvgIpc) is 2.58. The summed E-state index contributed by atoms with van der Waals surface area (Å²) in [6, 6.07) is 12.9. The van der Waals surface area contributed by atoms with E-state index in [0.717, 1.165) is 37.6 Å². The Morgan fingerprint density at radius 1 is 1.00 bits per heavy atom. The number of nitrogens with one attached hydrogen (secondary N) is 1. The fourth-order valence-electron chi connectivity index (χ4n) is 2.77. The van der Waals surface area contributed by atoms with E-state index in [1.807, 2.05) is 24.3 Å². The van der Waals surface area contributed by atoms with Crippen molar-refractivity contribution in [3.05, 3.63) is 58.1 Å². The molecule has 1 aliphatic heterocycles. The molecule has 1 aliphatic rings. The van der Waals surface area contributed by atoms with Crippen molar-refractivity contribution in [1.29, 1.82) is 0 Å². The number of hydrogen-bond acceptors (Lipinski definition) is 3. The molecule has 0 bridgehead atoms. The lowest BCUT2D eigenvalue weighted by atomic mass is 10.1. The first-order chi connectivity index (χ1) is 11.6. The van der Waals surface area contributed by atoms with Crippen LogP contribution in [0, 0.1) is 0 Å². The number of carbonyl (C=O) groups is 1. The van der Waals surface area contributed by atoms with E-state index in [2.05, 4.69) is 22.2 Å². The third-order valence-corrected chi connectivity index (χ3v) is 5.01. The highest BCUT2D eigenvalue weighted by Gasteiger charge is 2.19. The van der Waals surface area contributed by atoms with E-state index < -0.39 is 0 Å². The fourth-order valence-corrected chi connectivity index (χ4v) is 3.16. The smallest absolute Gasteiger partial charge is 0.257 e. The minimum atomic E-state index is -0.260. The Morgan fingerprint density at radius 3 is 2.46 bits per heavy atom. The molecule has 1 saturated heterocycles. The number of carbonyl (C=O) groups excluding carboxylic acids is 1. The SMILES string of the molecule is CN1CCN(c2ccccc2NC(=O)c2cccc(Cl)c2Cl)CC1. The van der Waals surface area contributed by atoms with Crippen molar-refractivity contribution < 1.29 is 4.79 Å². The van der Waals surface area contributed by atoms with Crippen molar-refractivity contribution in [1.82, 2.24) is 4.90 Å². The zero-order chi connectivity index (χ0) is 17.1. The summed E-state index contributed by atoms with van der Waals surface area (Å²) in [5.74, 6) is -0.260. The van der Waals surface area contributed by atoms with Crippen LogP contribution in [0.2, 0.25) is 10.0 Å². The quantitative estimate of drug-likeness (QED) is 0.894. The van der Waals surface area contributed by atoms with Crippen LogP contribution in [0.5, 0.6) is 0 Å². The average molecular weight is 364 g/mol. The number of hydrogen-bond donors (Lipinski definition) is 1. The Hall–Kier alpha value is -1.75. The first kappa shape index (κ1) is 17.1. The summed E-state index contributed by atoms with van der Waals surface area (Å²) in [4.78, 5) is 17.2. The van der Waals surface area contributed by atoms with Gasteiger partial charge in [-0.05, 0) is 31.3 Å².